The Morgan fingerprint density at radius 2 is 2.10 bits per heavy atom. The van der Waals surface area contributed by atoms with Crippen molar-refractivity contribution in [2.75, 3.05) is 40.0 Å². The molecule has 0 aliphatic carbocycles. The van der Waals surface area contributed by atoms with Gasteiger partial charge in [-0.3, -0.25) is 0 Å². The van der Waals surface area contributed by atoms with Gasteiger partial charge in [0.2, 0.25) is 0 Å². The Morgan fingerprint density at radius 1 is 1.30 bits per heavy atom. The monoisotopic (exact) mass is 283 g/mol. The van der Waals surface area contributed by atoms with E-state index in [2.05, 4.69) is 5.32 Å². The first-order valence-electron chi connectivity index (χ1n) is 6.99. The minimum Gasteiger partial charge on any atom is -0.497 e. The van der Waals surface area contributed by atoms with Gasteiger partial charge in [-0.25, -0.2) is 0 Å². The van der Waals surface area contributed by atoms with Gasteiger partial charge in [-0.05, 0) is 32.0 Å². The summed E-state index contributed by atoms with van der Waals surface area (Å²) in [5, 5.41) is 13.0. The molecule has 20 heavy (non-hydrogen) atoms. The minimum atomic E-state index is -0.534. The number of aliphatic hydroxyl groups is 1. The fourth-order valence-corrected chi connectivity index (χ4v) is 1.65. The lowest BCUT2D eigenvalue weighted by Gasteiger charge is -2.13. The first kappa shape index (κ1) is 16.8. The molecule has 0 saturated heterocycles. The molecule has 0 radical (unpaired) electrons. The molecule has 1 unspecified atom stereocenters. The zero-order valence-corrected chi connectivity index (χ0v) is 12.3. The highest BCUT2D eigenvalue weighted by molar-refractivity contribution is 5.32. The number of hydrogen-bond donors (Lipinski definition) is 2. The van der Waals surface area contributed by atoms with Crippen molar-refractivity contribution >= 4 is 0 Å². The van der Waals surface area contributed by atoms with Gasteiger partial charge in [0.15, 0.2) is 0 Å². The van der Waals surface area contributed by atoms with Gasteiger partial charge in [0.05, 0.1) is 7.11 Å². The molecule has 0 bridgehead atoms. The van der Waals surface area contributed by atoms with E-state index in [0.717, 1.165) is 31.9 Å². The summed E-state index contributed by atoms with van der Waals surface area (Å²) in [4.78, 5) is 0. The van der Waals surface area contributed by atoms with E-state index in [1.54, 1.807) is 13.2 Å². The summed E-state index contributed by atoms with van der Waals surface area (Å²) in [5.74, 6) is 1.44. The maximum atomic E-state index is 9.79. The number of methoxy groups -OCH3 is 1. The fraction of sp³-hybridized carbons (Fsp3) is 0.600. The molecular weight excluding hydrogens is 258 g/mol. The molecule has 0 aromatic heterocycles. The van der Waals surface area contributed by atoms with Crippen molar-refractivity contribution in [1.82, 2.24) is 5.32 Å². The van der Waals surface area contributed by atoms with Crippen molar-refractivity contribution in [1.29, 1.82) is 0 Å². The van der Waals surface area contributed by atoms with Gasteiger partial charge in [-0.1, -0.05) is 6.07 Å². The van der Waals surface area contributed by atoms with Crippen LogP contribution in [0, 0.1) is 0 Å². The van der Waals surface area contributed by atoms with Crippen molar-refractivity contribution in [3.63, 3.8) is 0 Å². The Balaban J connectivity index is 2.11. The number of hydrogen-bond acceptors (Lipinski definition) is 5. The first-order valence-corrected chi connectivity index (χ1v) is 6.99. The summed E-state index contributed by atoms with van der Waals surface area (Å²) in [6, 6.07) is 7.34. The highest BCUT2D eigenvalue weighted by atomic mass is 16.5. The molecule has 0 amide bonds. The molecule has 0 aliphatic rings. The van der Waals surface area contributed by atoms with Crippen molar-refractivity contribution in [2.24, 2.45) is 0 Å². The van der Waals surface area contributed by atoms with Crippen LogP contribution >= 0.6 is 0 Å². The summed E-state index contributed by atoms with van der Waals surface area (Å²) < 4.78 is 15.8. The van der Waals surface area contributed by atoms with Gasteiger partial charge in [0, 0.05) is 25.8 Å². The number of nitrogens with one attached hydrogen (secondary N) is 1. The van der Waals surface area contributed by atoms with Gasteiger partial charge in [0.25, 0.3) is 0 Å². The smallest absolute Gasteiger partial charge is 0.123 e. The minimum absolute atomic E-state index is 0.256. The molecule has 2 N–H and O–H groups in total. The molecule has 1 aromatic carbocycles. The number of ether oxygens (including phenoxy) is 3. The van der Waals surface area contributed by atoms with Crippen molar-refractivity contribution in [2.45, 2.75) is 19.4 Å². The molecule has 5 heteroatoms. The molecule has 1 aromatic rings. The molecule has 0 heterocycles. The predicted molar refractivity (Wildman–Crippen MR) is 78.5 cm³/mol. The Bertz CT molecular complexity index is 359. The lowest BCUT2D eigenvalue weighted by Crippen LogP contribution is -2.32. The maximum absolute atomic E-state index is 9.79. The van der Waals surface area contributed by atoms with Crippen LogP contribution in [0.1, 0.15) is 13.3 Å². The molecule has 1 atom stereocenters. The molecule has 1 rings (SSSR count). The van der Waals surface area contributed by atoms with Crippen molar-refractivity contribution < 1.29 is 19.3 Å². The largest absolute Gasteiger partial charge is 0.497 e. The predicted octanol–water partition coefficient (Wildman–Crippen LogP) is 1.45. The molecule has 0 fully saturated rings. The number of aliphatic hydroxyl groups excluding tert-OH is 1. The van der Waals surface area contributed by atoms with Crippen LogP contribution in [0.2, 0.25) is 0 Å². The van der Waals surface area contributed by atoms with Gasteiger partial charge in [0.1, 0.15) is 24.2 Å². The highest BCUT2D eigenvalue weighted by Gasteiger charge is 2.05. The molecule has 0 aliphatic heterocycles. The Morgan fingerprint density at radius 3 is 2.85 bits per heavy atom. The quantitative estimate of drug-likeness (QED) is 0.602. The summed E-state index contributed by atoms with van der Waals surface area (Å²) >= 11 is 0. The summed E-state index contributed by atoms with van der Waals surface area (Å²) in [6.07, 6.45) is 0.408. The lowest BCUT2D eigenvalue weighted by atomic mass is 10.3. The van der Waals surface area contributed by atoms with Crippen molar-refractivity contribution in [3.05, 3.63) is 24.3 Å². The third-order valence-electron chi connectivity index (χ3n) is 2.71. The van der Waals surface area contributed by atoms with Crippen LogP contribution in [-0.4, -0.2) is 51.2 Å². The second-order valence-corrected chi connectivity index (χ2v) is 4.40. The maximum Gasteiger partial charge on any atom is 0.123 e. The Labute approximate surface area is 120 Å². The van der Waals surface area contributed by atoms with Crippen LogP contribution in [0.15, 0.2) is 24.3 Å². The van der Waals surface area contributed by atoms with Crippen LogP contribution in [0.25, 0.3) is 0 Å². The van der Waals surface area contributed by atoms with E-state index in [1.165, 1.54) is 0 Å². The third-order valence-corrected chi connectivity index (χ3v) is 2.71. The Kier molecular flexibility index (Phi) is 8.78. The lowest BCUT2D eigenvalue weighted by molar-refractivity contribution is 0.104. The molecular formula is C15H25NO4. The average molecular weight is 283 g/mol. The summed E-state index contributed by atoms with van der Waals surface area (Å²) in [6.45, 7) is 5.07. The zero-order chi connectivity index (χ0) is 14.6. The van der Waals surface area contributed by atoms with Gasteiger partial charge < -0.3 is 24.6 Å². The van der Waals surface area contributed by atoms with E-state index in [4.69, 9.17) is 14.2 Å². The number of rotatable bonds is 11. The van der Waals surface area contributed by atoms with E-state index in [0.29, 0.717) is 12.3 Å². The van der Waals surface area contributed by atoms with Gasteiger partial charge >= 0.3 is 0 Å². The van der Waals surface area contributed by atoms with Crippen LogP contribution in [0.3, 0.4) is 0 Å². The van der Waals surface area contributed by atoms with Gasteiger partial charge in [-0.15, -0.1) is 0 Å². The number of benzene rings is 1. The molecule has 114 valence electrons. The van der Waals surface area contributed by atoms with Crippen LogP contribution in [0.4, 0.5) is 0 Å². The van der Waals surface area contributed by atoms with Crippen molar-refractivity contribution in [3.8, 4) is 11.5 Å². The summed E-state index contributed by atoms with van der Waals surface area (Å²) in [7, 11) is 1.61. The van der Waals surface area contributed by atoms with Crippen LogP contribution in [-0.2, 0) is 4.74 Å². The molecule has 0 spiro atoms. The van der Waals surface area contributed by atoms with E-state index in [9.17, 15) is 5.11 Å². The normalized spacial score (nSPS) is 12.2. The van der Waals surface area contributed by atoms with E-state index in [-0.39, 0.29) is 6.61 Å². The van der Waals surface area contributed by atoms with Crippen LogP contribution < -0.4 is 14.8 Å². The van der Waals surface area contributed by atoms with E-state index >= 15 is 0 Å². The van der Waals surface area contributed by atoms with E-state index in [1.807, 2.05) is 25.1 Å². The summed E-state index contributed by atoms with van der Waals surface area (Å²) in [5.41, 5.74) is 0. The fourth-order valence-electron chi connectivity index (χ4n) is 1.65. The molecule has 0 saturated carbocycles. The zero-order valence-electron chi connectivity index (χ0n) is 12.3. The third kappa shape index (κ3) is 7.33. The standard InChI is InChI=1S/C15H25NO4/c1-3-19-9-5-8-16-11-13(17)12-20-15-7-4-6-14(10-15)18-2/h4,6-7,10,13,16-17H,3,5,8-9,11-12H2,1-2H3. The van der Waals surface area contributed by atoms with E-state index < -0.39 is 6.10 Å². The second-order valence-electron chi connectivity index (χ2n) is 4.40. The second kappa shape index (κ2) is 10.5. The highest BCUT2D eigenvalue weighted by Crippen LogP contribution is 2.18. The Hall–Kier alpha value is -1.30. The first-order chi connectivity index (χ1) is 9.76. The topological polar surface area (TPSA) is 60.0 Å². The SMILES string of the molecule is CCOCCCNCC(O)COc1cccc(OC)c1. The average Bonchev–Trinajstić information content (AvgIpc) is 2.49. The van der Waals surface area contributed by atoms with Gasteiger partial charge in [-0.2, -0.15) is 0 Å². The van der Waals surface area contributed by atoms with Crippen LogP contribution in [0.5, 0.6) is 11.5 Å². The molecule has 5 nitrogen and oxygen atoms in total.